The third-order valence-corrected chi connectivity index (χ3v) is 2.21. The molecular weight excluding hydrogens is 267 g/mol. The molecule has 2 nitrogen and oxygen atoms in total. The highest BCUT2D eigenvalue weighted by molar-refractivity contribution is 9.10. The van der Waals surface area contributed by atoms with Gasteiger partial charge in [0.1, 0.15) is 5.56 Å². The fourth-order valence-corrected chi connectivity index (χ4v) is 1.55. The van der Waals surface area contributed by atoms with Gasteiger partial charge in [-0.2, -0.15) is 0 Å². The van der Waals surface area contributed by atoms with Gasteiger partial charge in [0.05, 0.1) is 9.50 Å². The molecule has 0 aliphatic carbocycles. The number of hydrogen-bond acceptors (Lipinski definition) is 1. The van der Waals surface area contributed by atoms with Crippen molar-refractivity contribution in [3.8, 4) is 0 Å². The van der Waals surface area contributed by atoms with E-state index in [0.717, 1.165) is 6.07 Å². The van der Waals surface area contributed by atoms with E-state index in [9.17, 15) is 13.6 Å². The second-order valence-electron chi connectivity index (χ2n) is 2.21. The molecule has 0 bridgehead atoms. The van der Waals surface area contributed by atoms with Crippen LogP contribution in [0.3, 0.4) is 0 Å². The van der Waals surface area contributed by atoms with Crippen molar-refractivity contribution in [3.63, 3.8) is 0 Å². The summed E-state index contributed by atoms with van der Waals surface area (Å²) in [6, 6.07) is 1.01. The molecule has 0 fully saturated rings. The first kappa shape index (κ1) is 10.4. The van der Waals surface area contributed by atoms with Crippen molar-refractivity contribution in [3.05, 3.63) is 32.8 Å². The number of benzene rings is 1. The summed E-state index contributed by atoms with van der Waals surface area (Å²) in [5.74, 6) is -3.39. The van der Waals surface area contributed by atoms with E-state index in [2.05, 4.69) is 15.9 Å². The van der Waals surface area contributed by atoms with E-state index >= 15 is 0 Å². The van der Waals surface area contributed by atoms with E-state index in [0.29, 0.717) is 0 Å². The van der Waals surface area contributed by atoms with Crippen molar-refractivity contribution < 1.29 is 13.6 Å². The maximum Gasteiger partial charge on any atom is 0.254 e. The Morgan fingerprint density at radius 1 is 1.46 bits per heavy atom. The van der Waals surface area contributed by atoms with Gasteiger partial charge < -0.3 is 5.73 Å². The van der Waals surface area contributed by atoms with Crippen molar-refractivity contribution >= 4 is 33.4 Å². The van der Waals surface area contributed by atoms with Crippen molar-refractivity contribution in [1.82, 2.24) is 0 Å². The molecule has 1 rings (SSSR count). The summed E-state index contributed by atoms with van der Waals surface area (Å²) in [5, 5.41) is -0.359. The van der Waals surface area contributed by atoms with Crippen molar-refractivity contribution in [2.45, 2.75) is 0 Å². The summed E-state index contributed by atoms with van der Waals surface area (Å²) in [6.45, 7) is 0. The van der Waals surface area contributed by atoms with Gasteiger partial charge in [-0.3, -0.25) is 4.79 Å². The number of carbonyl (C=O) groups is 1. The lowest BCUT2D eigenvalue weighted by Crippen LogP contribution is -2.16. The Hall–Kier alpha value is -0.680. The Bertz CT molecular complexity index is 357. The standard InChI is InChI=1S/C7H3BrClF2NO/c8-2-1-3(9)6(11)4(5(2)10)7(12)13/h1H,(H2,12,13). The quantitative estimate of drug-likeness (QED) is 0.783. The lowest BCUT2D eigenvalue weighted by atomic mass is 10.2. The lowest BCUT2D eigenvalue weighted by molar-refractivity contribution is 0.0992. The maximum atomic E-state index is 13.0. The van der Waals surface area contributed by atoms with Gasteiger partial charge in [0, 0.05) is 0 Å². The van der Waals surface area contributed by atoms with E-state index in [4.69, 9.17) is 17.3 Å². The number of carbonyl (C=O) groups excluding carboxylic acids is 1. The van der Waals surface area contributed by atoms with Crippen molar-refractivity contribution in [2.75, 3.05) is 0 Å². The van der Waals surface area contributed by atoms with E-state index in [1.807, 2.05) is 0 Å². The zero-order valence-electron chi connectivity index (χ0n) is 6.07. The van der Waals surface area contributed by atoms with Crippen LogP contribution in [-0.4, -0.2) is 5.91 Å². The predicted octanol–water partition coefficient (Wildman–Crippen LogP) is 2.48. The molecule has 2 N–H and O–H groups in total. The van der Waals surface area contributed by atoms with Crippen molar-refractivity contribution in [2.24, 2.45) is 5.73 Å². The molecule has 0 atom stereocenters. The van der Waals surface area contributed by atoms with Crippen LogP contribution in [0.2, 0.25) is 5.02 Å². The van der Waals surface area contributed by atoms with Gasteiger partial charge in [-0.15, -0.1) is 0 Å². The molecule has 1 aromatic carbocycles. The van der Waals surface area contributed by atoms with E-state index in [-0.39, 0.29) is 9.50 Å². The Morgan fingerprint density at radius 2 is 2.00 bits per heavy atom. The molecule has 70 valence electrons. The highest BCUT2D eigenvalue weighted by Gasteiger charge is 2.20. The molecule has 0 spiro atoms. The summed E-state index contributed by atoms with van der Waals surface area (Å²) >= 11 is 8.12. The third-order valence-electron chi connectivity index (χ3n) is 1.36. The van der Waals surface area contributed by atoms with Crippen LogP contribution in [0.5, 0.6) is 0 Å². The van der Waals surface area contributed by atoms with Crippen LogP contribution >= 0.6 is 27.5 Å². The first-order valence-electron chi connectivity index (χ1n) is 3.08. The summed E-state index contributed by atoms with van der Waals surface area (Å²) in [4.78, 5) is 10.6. The molecule has 6 heteroatoms. The Morgan fingerprint density at radius 3 is 2.46 bits per heavy atom. The first-order chi connectivity index (χ1) is 5.95. The normalized spacial score (nSPS) is 10.2. The van der Waals surface area contributed by atoms with Crippen LogP contribution in [0.4, 0.5) is 8.78 Å². The van der Waals surface area contributed by atoms with Gasteiger partial charge >= 0.3 is 0 Å². The lowest BCUT2D eigenvalue weighted by Gasteiger charge is -2.03. The van der Waals surface area contributed by atoms with Gasteiger partial charge in [0.15, 0.2) is 11.6 Å². The third kappa shape index (κ3) is 1.81. The molecule has 13 heavy (non-hydrogen) atoms. The Labute approximate surface area is 85.8 Å². The first-order valence-corrected chi connectivity index (χ1v) is 4.25. The Balaban J connectivity index is 3.56. The SMILES string of the molecule is NC(=O)c1c(F)c(Cl)cc(Br)c1F. The molecule has 0 saturated carbocycles. The molecule has 0 aliphatic heterocycles. The van der Waals surface area contributed by atoms with Crippen LogP contribution in [0, 0.1) is 11.6 Å². The largest absolute Gasteiger partial charge is 0.365 e. The van der Waals surface area contributed by atoms with Gasteiger partial charge in [0.25, 0.3) is 5.91 Å². The monoisotopic (exact) mass is 269 g/mol. The van der Waals surface area contributed by atoms with Crippen LogP contribution in [0.25, 0.3) is 0 Å². The molecule has 1 amide bonds. The smallest absolute Gasteiger partial charge is 0.254 e. The molecule has 0 unspecified atom stereocenters. The van der Waals surface area contributed by atoms with E-state index < -0.39 is 23.1 Å². The second kappa shape index (κ2) is 3.59. The molecule has 0 heterocycles. The fraction of sp³-hybridized carbons (Fsp3) is 0. The Kier molecular flexibility index (Phi) is 2.87. The fourth-order valence-electron chi connectivity index (χ4n) is 0.789. The molecular formula is C7H3BrClF2NO. The van der Waals surface area contributed by atoms with Gasteiger partial charge in [-0.25, -0.2) is 8.78 Å². The number of nitrogens with two attached hydrogens (primary N) is 1. The number of amides is 1. The molecule has 0 saturated heterocycles. The second-order valence-corrected chi connectivity index (χ2v) is 3.47. The van der Waals surface area contributed by atoms with Crippen molar-refractivity contribution in [1.29, 1.82) is 0 Å². The zero-order valence-corrected chi connectivity index (χ0v) is 8.42. The van der Waals surface area contributed by atoms with Crippen LogP contribution in [-0.2, 0) is 0 Å². The summed E-state index contributed by atoms with van der Waals surface area (Å²) in [5.41, 5.74) is 3.92. The number of rotatable bonds is 1. The number of halogens is 4. The van der Waals surface area contributed by atoms with Gasteiger partial charge in [-0.05, 0) is 22.0 Å². The zero-order chi connectivity index (χ0) is 10.2. The highest BCUT2D eigenvalue weighted by atomic mass is 79.9. The van der Waals surface area contributed by atoms with E-state index in [1.54, 1.807) is 0 Å². The van der Waals surface area contributed by atoms with Gasteiger partial charge in [0.2, 0.25) is 0 Å². The summed E-state index contributed by atoms with van der Waals surface area (Å²) < 4.78 is 25.9. The molecule has 1 aromatic rings. The number of primary amides is 1. The summed E-state index contributed by atoms with van der Waals surface area (Å²) in [6.07, 6.45) is 0. The minimum absolute atomic E-state index is 0.104. The number of hydrogen-bond donors (Lipinski definition) is 1. The van der Waals surface area contributed by atoms with E-state index in [1.165, 1.54) is 0 Å². The highest BCUT2D eigenvalue weighted by Crippen LogP contribution is 2.27. The van der Waals surface area contributed by atoms with Gasteiger partial charge in [-0.1, -0.05) is 11.6 Å². The molecule has 0 aromatic heterocycles. The average molecular weight is 270 g/mol. The predicted molar refractivity (Wildman–Crippen MR) is 47.6 cm³/mol. The topological polar surface area (TPSA) is 43.1 Å². The molecule has 0 radical (unpaired) electrons. The van der Waals surface area contributed by atoms with Crippen LogP contribution < -0.4 is 5.73 Å². The average Bonchev–Trinajstić information content (AvgIpc) is 2.01. The summed E-state index contributed by atoms with van der Waals surface area (Å²) in [7, 11) is 0. The van der Waals surface area contributed by atoms with Crippen LogP contribution in [0.1, 0.15) is 10.4 Å². The minimum atomic E-state index is -1.20. The maximum absolute atomic E-state index is 13.0. The minimum Gasteiger partial charge on any atom is -0.365 e. The molecule has 0 aliphatic rings. The van der Waals surface area contributed by atoms with Crippen LogP contribution in [0.15, 0.2) is 10.5 Å².